The fourth-order valence-corrected chi connectivity index (χ4v) is 8.07. The third kappa shape index (κ3) is 3.91. The van der Waals surface area contributed by atoms with Crippen LogP contribution in [-0.2, 0) is 21.2 Å². The summed E-state index contributed by atoms with van der Waals surface area (Å²) in [5.41, 5.74) is 3.58. The van der Waals surface area contributed by atoms with Gasteiger partial charge >= 0.3 is 0 Å². The Bertz CT molecular complexity index is 1180. The van der Waals surface area contributed by atoms with Crippen LogP contribution in [-0.4, -0.2) is 48.1 Å². The number of rotatable bonds is 5. The van der Waals surface area contributed by atoms with E-state index in [1.807, 2.05) is 10.4 Å². The molecule has 3 fully saturated rings. The molecule has 2 aliphatic heterocycles. The molecule has 3 heterocycles. The number of thiazole rings is 1. The average Bonchev–Trinajstić information content (AvgIpc) is 3.75. The normalized spacial score (nSPS) is 24.6. The van der Waals surface area contributed by atoms with Crippen LogP contribution in [0.5, 0.6) is 0 Å². The van der Waals surface area contributed by atoms with E-state index in [-0.39, 0.29) is 28.7 Å². The Morgan fingerprint density at radius 3 is 2.52 bits per heavy atom. The minimum atomic E-state index is -3.70. The number of aromatic nitrogens is 1. The molecule has 0 spiro atoms. The third-order valence-electron chi connectivity index (χ3n) is 7.63. The van der Waals surface area contributed by atoms with Gasteiger partial charge in [0.1, 0.15) is 5.82 Å². The Balaban J connectivity index is 1.17. The van der Waals surface area contributed by atoms with Crippen molar-refractivity contribution in [2.75, 3.05) is 19.6 Å². The lowest BCUT2D eigenvalue weighted by molar-refractivity contribution is -0.140. The summed E-state index contributed by atoms with van der Waals surface area (Å²) in [4.78, 5) is 21.7. The van der Waals surface area contributed by atoms with E-state index in [0.29, 0.717) is 37.4 Å². The Morgan fingerprint density at radius 2 is 1.82 bits per heavy atom. The van der Waals surface area contributed by atoms with E-state index in [9.17, 15) is 17.6 Å². The Morgan fingerprint density at radius 1 is 1.06 bits per heavy atom. The smallest absolute Gasteiger partial charge is 0.243 e. The molecule has 1 amide bonds. The molecule has 2 aromatic rings. The molecule has 2 saturated carbocycles. The average molecular weight is 490 g/mol. The van der Waals surface area contributed by atoms with Gasteiger partial charge in [-0.15, -0.1) is 11.3 Å². The lowest BCUT2D eigenvalue weighted by atomic mass is 9.92. The number of sulfonamides is 1. The van der Waals surface area contributed by atoms with Crippen LogP contribution in [0.15, 0.2) is 28.6 Å². The van der Waals surface area contributed by atoms with E-state index in [1.165, 1.54) is 27.4 Å². The number of nitrogens with zero attached hydrogens (tertiary/aromatic N) is 3. The quantitative estimate of drug-likeness (QED) is 0.634. The van der Waals surface area contributed by atoms with Crippen LogP contribution in [0, 0.1) is 17.7 Å². The summed E-state index contributed by atoms with van der Waals surface area (Å²) in [7, 11) is -3.70. The van der Waals surface area contributed by atoms with E-state index < -0.39 is 15.8 Å². The van der Waals surface area contributed by atoms with Gasteiger partial charge in [-0.2, -0.15) is 4.31 Å². The van der Waals surface area contributed by atoms with E-state index in [2.05, 4.69) is 4.98 Å². The number of carbonyl (C=O) groups excluding carboxylic acids is 1. The van der Waals surface area contributed by atoms with Crippen LogP contribution in [0.3, 0.4) is 0 Å². The van der Waals surface area contributed by atoms with Gasteiger partial charge < -0.3 is 4.90 Å². The molecule has 6 rings (SSSR count). The Kier molecular flexibility index (Phi) is 5.34. The number of halogens is 1. The van der Waals surface area contributed by atoms with Crippen molar-refractivity contribution in [3.63, 3.8) is 0 Å². The molecule has 0 bridgehead atoms. The highest BCUT2D eigenvalue weighted by Gasteiger charge is 2.45. The molecular formula is C24H28FN3O3S2. The molecule has 176 valence electrons. The van der Waals surface area contributed by atoms with Gasteiger partial charge in [0.25, 0.3) is 0 Å². The summed E-state index contributed by atoms with van der Waals surface area (Å²) in [5.74, 6) is 0.251. The number of benzene rings is 1. The van der Waals surface area contributed by atoms with Crippen LogP contribution in [0.4, 0.5) is 4.39 Å². The third-order valence-corrected chi connectivity index (χ3v) is 10.5. The summed E-state index contributed by atoms with van der Waals surface area (Å²) >= 11 is 1.69. The zero-order valence-electron chi connectivity index (χ0n) is 18.5. The van der Waals surface area contributed by atoms with Crippen LogP contribution < -0.4 is 0 Å². The topological polar surface area (TPSA) is 70.6 Å². The van der Waals surface area contributed by atoms with Crippen molar-refractivity contribution in [3.8, 4) is 0 Å². The van der Waals surface area contributed by atoms with Crippen molar-refractivity contribution in [2.24, 2.45) is 11.8 Å². The van der Waals surface area contributed by atoms with Crippen molar-refractivity contribution >= 4 is 27.3 Å². The Hall–Kier alpha value is -1.84. The van der Waals surface area contributed by atoms with Gasteiger partial charge in [0, 0.05) is 36.9 Å². The molecule has 6 nitrogen and oxygen atoms in total. The van der Waals surface area contributed by atoms with Crippen LogP contribution in [0.25, 0.3) is 0 Å². The number of carbonyl (C=O) groups is 1. The molecule has 0 radical (unpaired) electrons. The van der Waals surface area contributed by atoms with Crippen LogP contribution in [0.2, 0.25) is 0 Å². The number of hydrogen-bond acceptors (Lipinski definition) is 5. The molecule has 0 N–H and O–H groups in total. The van der Waals surface area contributed by atoms with Crippen molar-refractivity contribution in [3.05, 3.63) is 45.7 Å². The minimum absolute atomic E-state index is 0.0922. The minimum Gasteiger partial charge on any atom is -0.333 e. The molecule has 9 heteroatoms. The monoisotopic (exact) mass is 489 g/mol. The van der Waals surface area contributed by atoms with E-state index in [0.717, 1.165) is 44.3 Å². The maximum atomic E-state index is 13.8. The summed E-state index contributed by atoms with van der Waals surface area (Å²) in [6, 6.07) is 4.11. The first-order valence-electron chi connectivity index (χ1n) is 12.0. The lowest BCUT2D eigenvalue weighted by Gasteiger charge is -2.39. The number of fused-ring (bicyclic) bond motifs is 1. The summed E-state index contributed by atoms with van der Waals surface area (Å²) in [5, 5.41) is 0. The van der Waals surface area contributed by atoms with Gasteiger partial charge in [0.05, 0.1) is 22.1 Å². The first kappa shape index (κ1) is 21.7. The zero-order valence-corrected chi connectivity index (χ0v) is 20.1. The summed E-state index contributed by atoms with van der Waals surface area (Å²) in [6.07, 6.45) is 6.00. The SMILES string of the molecule is O=C(C1CCN(S(=O)(=O)c2ccc(F)cc2C2CC2)CC1)N1CCc2scnc2C1C1CC1. The predicted octanol–water partition coefficient (Wildman–Crippen LogP) is 4.10. The second kappa shape index (κ2) is 8.13. The van der Waals surface area contributed by atoms with Crippen LogP contribution in [0.1, 0.15) is 66.6 Å². The maximum absolute atomic E-state index is 13.8. The number of piperidine rings is 1. The van der Waals surface area contributed by atoms with Gasteiger partial charge in [-0.1, -0.05) is 0 Å². The van der Waals surface area contributed by atoms with E-state index >= 15 is 0 Å². The first-order valence-corrected chi connectivity index (χ1v) is 14.3. The molecule has 4 aliphatic rings. The standard InChI is InChI=1S/C24H28FN3O3S2/c25-18-5-6-21(19(13-18)15-1-2-15)33(30,31)27-10-7-17(8-11-27)24(29)28-12-9-20-22(26-14-32-20)23(28)16-3-4-16/h5-6,13-17,23H,1-4,7-12H2. The summed E-state index contributed by atoms with van der Waals surface area (Å²) < 4.78 is 42.1. The maximum Gasteiger partial charge on any atom is 0.243 e. The Labute approximate surface area is 197 Å². The fourth-order valence-electron chi connectivity index (χ4n) is 5.54. The highest BCUT2D eigenvalue weighted by Crippen LogP contribution is 2.48. The number of amides is 1. The van der Waals surface area contributed by atoms with Gasteiger partial charge in [-0.05, 0) is 74.1 Å². The van der Waals surface area contributed by atoms with Crippen LogP contribution >= 0.6 is 11.3 Å². The fraction of sp³-hybridized carbons (Fsp3) is 0.583. The molecule has 1 aromatic carbocycles. The van der Waals surface area contributed by atoms with Gasteiger partial charge in [0.15, 0.2) is 0 Å². The summed E-state index contributed by atoms with van der Waals surface area (Å²) in [6.45, 7) is 1.38. The first-order chi connectivity index (χ1) is 15.9. The van der Waals surface area contributed by atoms with Gasteiger partial charge in [-0.25, -0.2) is 17.8 Å². The van der Waals surface area contributed by atoms with Crippen molar-refractivity contribution in [2.45, 2.75) is 61.8 Å². The zero-order chi connectivity index (χ0) is 22.7. The van der Waals surface area contributed by atoms with Crippen molar-refractivity contribution in [1.82, 2.24) is 14.2 Å². The van der Waals surface area contributed by atoms with Gasteiger partial charge in [-0.3, -0.25) is 4.79 Å². The van der Waals surface area contributed by atoms with E-state index in [1.54, 1.807) is 11.3 Å². The highest BCUT2D eigenvalue weighted by molar-refractivity contribution is 7.89. The van der Waals surface area contributed by atoms with Crippen molar-refractivity contribution in [1.29, 1.82) is 0 Å². The molecule has 33 heavy (non-hydrogen) atoms. The van der Waals surface area contributed by atoms with Crippen molar-refractivity contribution < 1.29 is 17.6 Å². The molecule has 1 aromatic heterocycles. The predicted molar refractivity (Wildman–Crippen MR) is 123 cm³/mol. The molecular weight excluding hydrogens is 461 g/mol. The lowest BCUT2D eigenvalue weighted by Crippen LogP contribution is -2.47. The largest absolute Gasteiger partial charge is 0.333 e. The van der Waals surface area contributed by atoms with Gasteiger partial charge in [0.2, 0.25) is 15.9 Å². The van der Waals surface area contributed by atoms with E-state index in [4.69, 9.17) is 0 Å². The molecule has 1 saturated heterocycles. The second-order valence-electron chi connectivity index (χ2n) is 9.86. The second-order valence-corrected chi connectivity index (χ2v) is 12.7. The molecule has 2 aliphatic carbocycles. The molecule has 1 atom stereocenters. The molecule has 1 unspecified atom stereocenters. The number of hydrogen-bond donors (Lipinski definition) is 0. The highest BCUT2D eigenvalue weighted by atomic mass is 32.2.